The van der Waals surface area contributed by atoms with Gasteiger partial charge >= 0.3 is 0 Å². The zero-order valence-electron chi connectivity index (χ0n) is 8.66. The minimum absolute atomic E-state index is 0.0364. The average Bonchev–Trinajstić information content (AvgIpc) is 2.17. The Morgan fingerprint density at radius 3 is 1.93 bits per heavy atom. The Kier molecular flexibility index (Phi) is 5.13. The number of nitrogens with zero attached hydrogens (tertiary/aromatic N) is 1. The van der Waals surface area contributed by atoms with Gasteiger partial charge in [-0.15, -0.1) is 0 Å². The Balaban J connectivity index is 4.80. The summed E-state index contributed by atoms with van der Waals surface area (Å²) in [5.74, 6) is -0.540. The molecule has 0 amide bonds. The van der Waals surface area contributed by atoms with Gasteiger partial charge in [-0.25, -0.2) is 4.79 Å². The molecule has 15 heavy (non-hydrogen) atoms. The molecule has 0 saturated carbocycles. The van der Waals surface area contributed by atoms with Crippen LogP contribution >= 0.6 is 0 Å². The second-order valence-electron chi connectivity index (χ2n) is 3.39. The van der Waals surface area contributed by atoms with Crippen molar-refractivity contribution >= 4 is 17.6 Å². The van der Waals surface area contributed by atoms with Crippen LogP contribution in [-0.2, 0) is 14.4 Å². The van der Waals surface area contributed by atoms with E-state index >= 15 is 0 Å². The summed E-state index contributed by atoms with van der Waals surface area (Å²) in [6.45, 7) is 8.16. The molecule has 0 bridgehead atoms. The predicted octanol–water partition coefficient (Wildman–Crippen LogP) is 1.37. The summed E-state index contributed by atoms with van der Waals surface area (Å²) < 4.78 is 0. The molecule has 0 aromatic rings. The lowest BCUT2D eigenvalue weighted by molar-refractivity contribution is -0.117. The first-order valence-corrected chi connectivity index (χ1v) is 4.37. The van der Waals surface area contributed by atoms with E-state index in [2.05, 4.69) is 18.2 Å². The Bertz CT molecular complexity index is 316. The molecular formula is C11H13NO3. The van der Waals surface area contributed by atoms with Gasteiger partial charge in [0, 0.05) is 12.8 Å². The highest BCUT2D eigenvalue weighted by molar-refractivity contribution is 5.93. The summed E-state index contributed by atoms with van der Waals surface area (Å²) in [7, 11) is 0. The van der Waals surface area contributed by atoms with Gasteiger partial charge in [0.25, 0.3) is 0 Å². The van der Waals surface area contributed by atoms with Gasteiger partial charge in [0.05, 0.1) is 5.54 Å². The van der Waals surface area contributed by atoms with Crippen LogP contribution in [0, 0.1) is 0 Å². The van der Waals surface area contributed by atoms with Gasteiger partial charge in [-0.3, -0.25) is 9.59 Å². The summed E-state index contributed by atoms with van der Waals surface area (Å²) in [5, 5.41) is 0. The Morgan fingerprint density at radius 1 is 1.27 bits per heavy atom. The van der Waals surface area contributed by atoms with Crippen molar-refractivity contribution in [2.75, 3.05) is 0 Å². The monoisotopic (exact) mass is 207 g/mol. The number of isocyanates is 1. The molecule has 0 aromatic carbocycles. The van der Waals surface area contributed by atoms with Gasteiger partial charge in [-0.05, 0) is 19.1 Å². The summed E-state index contributed by atoms with van der Waals surface area (Å²) in [5.41, 5.74) is -1.04. The second-order valence-corrected chi connectivity index (χ2v) is 3.39. The predicted molar refractivity (Wildman–Crippen MR) is 56.2 cm³/mol. The lowest BCUT2D eigenvalue weighted by Gasteiger charge is -2.19. The van der Waals surface area contributed by atoms with Gasteiger partial charge in [0.15, 0.2) is 11.6 Å². The number of allylic oxidation sites excluding steroid dienone is 2. The summed E-state index contributed by atoms with van der Waals surface area (Å²) in [6, 6.07) is 0. The number of rotatable bonds is 7. The second kappa shape index (κ2) is 5.83. The SMILES string of the molecule is C=CC(=O)CC(C)(CC(=O)C=C)N=C=O. The molecule has 0 saturated heterocycles. The molecule has 0 fully saturated rings. The molecule has 0 aliphatic rings. The third-order valence-corrected chi connectivity index (χ3v) is 1.88. The van der Waals surface area contributed by atoms with Gasteiger partial charge in [-0.1, -0.05) is 13.2 Å². The van der Waals surface area contributed by atoms with Crippen molar-refractivity contribution in [1.82, 2.24) is 0 Å². The fourth-order valence-electron chi connectivity index (χ4n) is 1.15. The van der Waals surface area contributed by atoms with Crippen molar-refractivity contribution in [3.63, 3.8) is 0 Å². The van der Waals surface area contributed by atoms with Crippen LogP contribution in [0.1, 0.15) is 19.8 Å². The molecule has 0 aromatic heterocycles. The number of carbonyl (C=O) groups excluding carboxylic acids is 3. The molecule has 0 radical (unpaired) electrons. The molecule has 0 aliphatic carbocycles. The van der Waals surface area contributed by atoms with Gasteiger partial charge in [-0.2, -0.15) is 4.99 Å². The first-order valence-electron chi connectivity index (χ1n) is 4.37. The van der Waals surface area contributed by atoms with E-state index in [1.54, 1.807) is 6.92 Å². The molecular weight excluding hydrogens is 194 g/mol. The number of aliphatic imine (C=N–C) groups is 1. The third kappa shape index (κ3) is 4.84. The fraction of sp³-hybridized carbons (Fsp3) is 0.364. The molecule has 0 spiro atoms. The lowest BCUT2D eigenvalue weighted by Crippen LogP contribution is -2.28. The topological polar surface area (TPSA) is 63.6 Å². The number of hydrogen-bond donors (Lipinski definition) is 0. The van der Waals surface area contributed by atoms with Crippen LogP contribution in [0.25, 0.3) is 0 Å². The van der Waals surface area contributed by atoms with E-state index in [0.29, 0.717) is 0 Å². The van der Waals surface area contributed by atoms with Crippen LogP contribution in [0.5, 0.6) is 0 Å². The standard InChI is InChI=1S/C11H13NO3/c1-4-9(14)6-11(3,12-8-13)7-10(15)5-2/h4-5H,1-2,6-7H2,3H3. The number of hydrogen-bond acceptors (Lipinski definition) is 4. The molecule has 0 N–H and O–H groups in total. The largest absolute Gasteiger partial charge is 0.295 e. The highest BCUT2D eigenvalue weighted by Gasteiger charge is 2.28. The quantitative estimate of drug-likeness (QED) is 0.360. The first kappa shape index (κ1) is 13.2. The highest BCUT2D eigenvalue weighted by atomic mass is 16.1. The summed E-state index contributed by atoms with van der Waals surface area (Å²) in [6.07, 6.45) is 3.57. The lowest BCUT2D eigenvalue weighted by atomic mass is 9.90. The minimum Gasteiger partial charge on any atom is -0.295 e. The number of carbonyl (C=O) groups is 2. The first-order chi connectivity index (χ1) is 6.97. The maximum absolute atomic E-state index is 11.1. The maximum Gasteiger partial charge on any atom is 0.235 e. The van der Waals surface area contributed by atoms with Crippen LogP contribution in [0.15, 0.2) is 30.3 Å². The van der Waals surface area contributed by atoms with Crippen LogP contribution in [0.3, 0.4) is 0 Å². The molecule has 0 heterocycles. The van der Waals surface area contributed by atoms with Crippen molar-refractivity contribution in [2.45, 2.75) is 25.3 Å². The van der Waals surface area contributed by atoms with Crippen LogP contribution in [0.4, 0.5) is 0 Å². The summed E-state index contributed by atoms with van der Waals surface area (Å²) >= 11 is 0. The molecule has 0 unspecified atom stereocenters. The van der Waals surface area contributed by atoms with Crippen LogP contribution < -0.4 is 0 Å². The smallest absolute Gasteiger partial charge is 0.235 e. The van der Waals surface area contributed by atoms with Crippen molar-refractivity contribution in [1.29, 1.82) is 0 Å². The maximum atomic E-state index is 11.1. The van der Waals surface area contributed by atoms with Crippen molar-refractivity contribution < 1.29 is 14.4 Å². The Morgan fingerprint density at radius 2 is 1.67 bits per heavy atom. The molecule has 80 valence electrons. The molecule has 4 heteroatoms. The molecule has 0 rings (SSSR count). The minimum atomic E-state index is -1.04. The molecule has 0 aliphatic heterocycles. The Labute approximate surface area is 88.4 Å². The van der Waals surface area contributed by atoms with E-state index in [1.165, 1.54) is 6.08 Å². The van der Waals surface area contributed by atoms with E-state index in [9.17, 15) is 14.4 Å². The molecule has 0 atom stereocenters. The van der Waals surface area contributed by atoms with Gasteiger partial charge in [0.2, 0.25) is 6.08 Å². The molecule has 4 nitrogen and oxygen atoms in total. The summed E-state index contributed by atoms with van der Waals surface area (Å²) in [4.78, 5) is 35.9. The van der Waals surface area contributed by atoms with Crippen LogP contribution in [0.2, 0.25) is 0 Å². The van der Waals surface area contributed by atoms with Crippen molar-refractivity contribution in [2.24, 2.45) is 4.99 Å². The third-order valence-electron chi connectivity index (χ3n) is 1.88. The van der Waals surface area contributed by atoms with E-state index in [1.807, 2.05) is 0 Å². The van der Waals surface area contributed by atoms with E-state index < -0.39 is 5.54 Å². The average molecular weight is 207 g/mol. The number of ketones is 2. The van der Waals surface area contributed by atoms with Crippen LogP contribution in [-0.4, -0.2) is 23.2 Å². The van der Waals surface area contributed by atoms with Gasteiger partial charge in [0.1, 0.15) is 0 Å². The Hall–Kier alpha value is -1.80. The van der Waals surface area contributed by atoms with Gasteiger partial charge < -0.3 is 0 Å². The fourth-order valence-corrected chi connectivity index (χ4v) is 1.15. The van der Waals surface area contributed by atoms with E-state index in [0.717, 1.165) is 12.2 Å². The zero-order valence-corrected chi connectivity index (χ0v) is 8.66. The van der Waals surface area contributed by atoms with E-state index in [-0.39, 0.29) is 24.4 Å². The van der Waals surface area contributed by atoms with E-state index in [4.69, 9.17) is 0 Å². The highest BCUT2D eigenvalue weighted by Crippen LogP contribution is 2.21. The normalized spacial score (nSPS) is 9.93. The van der Waals surface area contributed by atoms with Crippen molar-refractivity contribution in [3.05, 3.63) is 25.3 Å². The van der Waals surface area contributed by atoms with Crippen molar-refractivity contribution in [3.8, 4) is 0 Å². The zero-order chi connectivity index (χ0) is 11.9.